The number of carbonyl (C=O) groups excluding carboxylic acids is 1. The molecule has 0 atom stereocenters. The third kappa shape index (κ3) is 3.48. The molecule has 2 aromatic carbocycles. The lowest BCUT2D eigenvalue weighted by atomic mass is 10.2. The van der Waals surface area contributed by atoms with Gasteiger partial charge in [0.05, 0.1) is 24.1 Å². The zero-order valence-electron chi connectivity index (χ0n) is 14.4. The summed E-state index contributed by atoms with van der Waals surface area (Å²) in [4.78, 5) is 13.9. The molecule has 140 valence electrons. The van der Waals surface area contributed by atoms with E-state index in [9.17, 15) is 13.6 Å². The highest BCUT2D eigenvalue weighted by molar-refractivity contribution is 5.86. The van der Waals surface area contributed by atoms with Crippen LogP contribution in [0.25, 0.3) is 16.6 Å². The van der Waals surface area contributed by atoms with Gasteiger partial charge in [-0.1, -0.05) is 12.1 Å². The second-order valence-electron chi connectivity index (χ2n) is 6.11. The topological polar surface area (TPSA) is 56.6 Å². The van der Waals surface area contributed by atoms with Crippen LogP contribution in [-0.4, -0.2) is 53.5 Å². The first-order valence-corrected chi connectivity index (χ1v) is 8.55. The number of halogens is 2. The SMILES string of the molecule is O=C(COc1nn(-c2ccccc2F)c2ccc(F)cc12)N1CCOCC1. The summed E-state index contributed by atoms with van der Waals surface area (Å²) >= 11 is 0. The Balaban J connectivity index is 1.65. The number of hydrogen-bond donors (Lipinski definition) is 0. The lowest BCUT2D eigenvalue weighted by molar-refractivity contribution is -0.137. The summed E-state index contributed by atoms with van der Waals surface area (Å²) in [7, 11) is 0. The Labute approximate surface area is 153 Å². The molecule has 1 aliphatic heterocycles. The van der Waals surface area contributed by atoms with Crippen LogP contribution in [0.2, 0.25) is 0 Å². The molecule has 0 aliphatic carbocycles. The van der Waals surface area contributed by atoms with Gasteiger partial charge in [-0.3, -0.25) is 4.79 Å². The number of ether oxygens (including phenoxy) is 2. The molecule has 0 radical (unpaired) electrons. The number of rotatable bonds is 4. The van der Waals surface area contributed by atoms with Crippen molar-refractivity contribution in [3.8, 4) is 11.6 Å². The Kier molecular flexibility index (Phi) is 4.72. The number of carbonyl (C=O) groups is 1. The van der Waals surface area contributed by atoms with E-state index in [4.69, 9.17) is 9.47 Å². The predicted molar refractivity (Wildman–Crippen MR) is 93.9 cm³/mol. The van der Waals surface area contributed by atoms with Crippen molar-refractivity contribution < 1.29 is 23.0 Å². The zero-order valence-corrected chi connectivity index (χ0v) is 14.4. The summed E-state index contributed by atoms with van der Waals surface area (Å²) in [5, 5.41) is 4.64. The summed E-state index contributed by atoms with van der Waals surface area (Å²) in [6, 6.07) is 10.2. The maximum atomic E-state index is 14.2. The van der Waals surface area contributed by atoms with Crippen LogP contribution in [0.3, 0.4) is 0 Å². The molecule has 6 nitrogen and oxygen atoms in total. The van der Waals surface area contributed by atoms with Crippen molar-refractivity contribution in [2.75, 3.05) is 32.9 Å². The fourth-order valence-electron chi connectivity index (χ4n) is 3.01. The van der Waals surface area contributed by atoms with Gasteiger partial charge in [0.1, 0.15) is 17.3 Å². The molecule has 0 spiro atoms. The number of para-hydroxylation sites is 1. The van der Waals surface area contributed by atoms with E-state index in [0.29, 0.717) is 37.2 Å². The van der Waals surface area contributed by atoms with E-state index >= 15 is 0 Å². The fraction of sp³-hybridized carbons (Fsp3) is 0.263. The van der Waals surface area contributed by atoms with Crippen LogP contribution < -0.4 is 4.74 Å². The number of nitrogens with zero attached hydrogens (tertiary/aromatic N) is 3. The normalized spacial score (nSPS) is 14.5. The van der Waals surface area contributed by atoms with Crippen molar-refractivity contribution in [3.05, 3.63) is 54.1 Å². The monoisotopic (exact) mass is 373 g/mol. The van der Waals surface area contributed by atoms with E-state index in [1.54, 1.807) is 23.1 Å². The van der Waals surface area contributed by atoms with Gasteiger partial charge in [-0.2, -0.15) is 0 Å². The Bertz CT molecular complexity index is 983. The summed E-state index contributed by atoms with van der Waals surface area (Å²) in [5.41, 5.74) is 0.693. The standard InChI is InChI=1S/C19H17F2N3O3/c20-13-5-6-16-14(11-13)19(22-24(16)17-4-2-1-3-15(17)21)27-12-18(25)23-7-9-26-10-8-23/h1-6,11H,7-10,12H2. The molecule has 1 saturated heterocycles. The molecule has 0 unspecified atom stereocenters. The lowest BCUT2D eigenvalue weighted by Crippen LogP contribution is -2.43. The third-order valence-electron chi connectivity index (χ3n) is 4.38. The van der Waals surface area contributed by atoms with Crippen LogP contribution >= 0.6 is 0 Å². The van der Waals surface area contributed by atoms with Crippen LogP contribution in [0, 0.1) is 11.6 Å². The number of benzene rings is 2. The molecule has 8 heteroatoms. The molecule has 0 N–H and O–H groups in total. The molecule has 4 rings (SSSR count). The van der Waals surface area contributed by atoms with Crippen LogP contribution in [0.1, 0.15) is 0 Å². The van der Waals surface area contributed by atoms with Crippen LogP contribution in [0.4, 0.5) is 8.78 Å². The molecule has 1 aliphatic rings. The Morgan fingerprint density at radius 3 is 2.70 bits per heavy atom. The van der Waals surface area contributed by atoms with Crippen molar-refractivity contribution in [1.82, 2.24) is 14.7 Å². The smallest absolute Gasteiger partial charge is 0.260 e. The highest BCUT2D eigenvalue weighted by Crippen LogP contribution is 2.29. The van der Waals surface area contributed by atoms with Crippen molar-refractivity contribution in [2.45, 2.75) is 0 Å². The van der Waals surface area contributed by atoms with Gasteiger partial charge in [0.2, 0.25) is 5.88 Å². The Hall–Kier alpha value is -3.00. The number of aromatic nitrogens is 2. The molecule has 0 saturated carbocycles. The second-order valence-corrected chi connectivity index (χ2v) is 6.11. The third-order valence-corrected chi connectivity index (χ3v) is 4.38. The van der Waals surface area contributed by atoms with Gasteiger partial charge in [-0.25, -0.2) is 13.5 Å². The van der Waals surface area contributed by atoms with Crippen molar-refractivity contribution in [3.63, 3.8) is 0 Å². The van der Waals surface area contributed by atoms with Crippen LogP contribution in [-0.2, 0) is 9.53 Å². The van der Waals surface area contributed by atoms with Crippen molar-refractivity contribution in [1.29, 1.82) is 0 Å². The molecule has 1 fully saturated rings. The number of fused-ring (bicyclic) bond motifs is 1. The molecule has 3 aromatic rings. The van der Waals surface area contributed by atoms with Crippen LogP contribution in [0.15, 0.2) is 42.5 Å². The lowest BCUT2D eigenvalue weighted by Gasteiger charge is -2.26. The van der Waals surface area contributed by atoms with E-state index < -0.39 is 11.6 Å². The zero-order chi connectivity index (χ0) is 18.8. The first-order chi connectivity index (χ1) is 13.1. The van der Waals surface area contributed by atoms with E-state index in [2.05, 4.69) is 5.10 Å². The summed E-state index contributed by atoms with van der Waals surface area (Å²) in [6.07, 6.45) is 0. The molecule has 27 heavy (non-hydrogen) atoms. The summed E-state index contributed by atoms with van der Waals surface area (Å²) in [6.45, 7) is 1.74. The second kappa shape index (κ2) is 7.32. The summed E-state index contributed by atoms with van der Waals surface area (Å²) in [5.74, 6) is -1.07. The van der Waals surface area contributed by atoms with E-state index in [1.165, 1.54) is 28.9 Å². The van der Waals surface area contributed by atoms with E-state index in [-0.39, 0.29) is 24.1 Å². The molecular weight excluding hydrogens is 356 g/mol. The van der Waals surface area contributed by atoms with Crippen molar-refractivity contribution >= 4 is 16.8 Å². The van der Waals surface area contributed by atoms with Gasteiger partial charge in [-0.15, -0.1) is 5.10 Å². The fourth-order valence-corrected chi connectivity index (χ4v) is 3.01. The van der Waals surface area contributed by atoms with Gasteiger partial charge in [0.15, 0.2) is 6.61 Å². The Morgan fingerprint density at radius 2 is 1.93 bits per heavy atom. The predicted octanol–water partition coefficient (Wildman–Crippen LogP) is 2.54. The maximum Gasteiger partial charge on any atom is 0.260 e. The quantitative estimate of drug-likeness (QED) is 0.705. The average molecular weight is 373 g/mol. The molecule has 1 amide bonds. The Morgan fingerprint density at radius 1 is 1.15 bits per heavy atom. The number of amides is 1. The van der Waals surface area contributed by atoms with Gasteiger partial charge in [0, 0.05) is 13.1 Å². The van der Waals surface area contributed by atoms with Crippen molar-refractivity contribution in [2.24, 2.45) is 0 Å². The van der Waals surface area contributed by atoms with E-state index in [1.807, 2.05) is 0 Å². The maximum absolute atomic E-state index is 14.2. The first kappa shape index (κ1) is 17.4. The molecule has 1 aromatic heterocycles. The average Bonchev–Trinajstić information content (AvgIpc) is 3.04. The van der Waals surface area contributed by atoms with Gasteiger partial charge in [0.25, 0.3) is 5.91 Å². The minimum atomic E-state index is -0.472. The first-order valence-electron chi connectivity index (χ1n) is 8.55. The largest absolute Gasteiger partial charge is 0.466 e. The van der Waals surface area contributed by atoms with E-state index in [0.717, 1.165) is 0 Å². The highest BCUT2D eigenvalue weighted by Gasteiger charge is 2.20. The minimum absolute atomic E-state index is 0.0781. The number of morpholine rings is 1. The van der Waals surface area contributed by atoms with Crippen LogP contribution in [0.5, 0.6) is 5.88 Å². The number of hydrogen-bond acceptors (Lipinski definition) is 4. The molecular formula is C19H17F2N3O3. The van der Waals surface area contributed by atoms with Gasteiger partial charge >= 0.3 is 0 Å². The minimum Gasteiger partial charge on any atom is -0.466 e. The van der Waals surface area contributed by atoms with Gasteiger partial charge < -0.3 is 14.4 Å². The highest BCUT2D eigenvalue weighted by atomic mass is 19.1. The van der Waals surface area contributed by atoms with Gasteiger partial charge in [-0.05, 0) is 30.3 Å². The molecule has 0 bridgehead atoms. The molecule has 2 heterocycles. The summed E-state index contributed by atoms with van der Waals surface area (Å²) < 4.78 is 40.1.